The number of nitrogens with zero attached hydrogens (tertiary/aromatic N) is 1. The van der Waals surface area contributed by atoms with E-state index in [2.05, 4.69) is 32.6 Å². The number of nitrogens with two attached hydrogens (primary N) is 1. The molecule has 0 aromatic carbocycles. The Morgan fingerprint density at radius 1 is 1.14 bits per heavy atom. The molecule has 3 heteroatoms. The molecule has 0 spiro atoms. The summed E-state index contributed by atoms with van der Waals surface area (Å²) in [4.78, 5) is 2.73. The van der Waals surface area contributed by atoms with Gasteiger partial charge in [0.25, 0.3) is 0 Å². The smallest absolute Gasteiger partial charge is 0.0616 e. The Morgan fingerprint density at radius 2 is 1.90 bits per heavy atom. The zero-order valence-corrected chi connectivity index (χ0v) is 14.6. The molecule has 2 N–H and O–H groups in total. The monoisotopic (exact) mass is 296 g/mol. The number of rotatable bonds is 4. The predicted molar refractivity (Wildman–Crippen MR) is 89.3 cm³/mol. The van der Waals surface area contributed by atoms with E-state index in [1.165, 1.54) is 32.4 Å². The first-order valence-electron chi connectivity index (χ1n) is 9.05. The summed E-state index contributed by atoms with van der Waals surface area (Å²) in [7, 11) is 0. The number of hydrogen-bond acceptors (Lipinski definition) is 3. The number of ether oxygens (including phenoxy) is 1. The average Bonchev–Trinajstić information content (AvgIpc) is 2.73. The molecule has 0 aromatic heterocycles. The third kappa shape index (κ3) is 4.00. The normalized spacial score (nSPS) is 36.1. The van der Waals surface area contributed by atoms with E-state index in [1.54, 1.807) is 0 Å². The molecule has 2 fully saturated rings. The van der Waals surface area contributed by atoms with E-state index in [1.807, 2.05) is 0 Å². The summed E-state index contributed by atoms with van der Waals surface area (Å²) in [6.45, 7) is 13.4. The molecule has 0 aromatic rings. The maximum absolute atomic E-state index is 6.28. The van der Waals surface area contributed by atoms with Crippen LogP contribution in [0.25, 0.3) is 0 Å². The molecule has 2 rings (SSSR count). The topological polar surface area (TPSA) is 38.5 Å². The molecule has 0 radical (unpaired) electrons. The molecule has 3 nitrogen and oxygen atoms in total. The fourth-order valence-corrected chi connectivity index (χ4v) is 4.23. The first-order chi connectivity index (χ1) is 9.98. The quantitative estimate of drug-likeness (QED) is 0.865. The van der Waals surface area contributed by atoms with Crippen molar-refractivity contribution < 1.29 is 4.74 Å². The second kappa shape index (κ2) is 7.43. The minimum absolute atomic E-state index is 0.194. The van der Waals surface area contributed by atoms with E-state index in [-0.39, 0.29) is 5.54 Å². The van der Waals surface area contributed by atoms with Gasteiger partial charge in [0.05, 0.1) is 6.10 Å². The summed E-state index contributed by atoms with van der Waals surface area (Å²) >= 11 is 0. The third-order valence-corrected chi connectivity index (χ3v) is 5.99. The molecule has 0 saturated carbocycles. The Morgan fingerprint density at radius 3 is 2.52 bits per heavy atom. The summed E-state index contributed by atoms with van der Waals surface area (Å²) in [6, 6.07) is 0. The Hall–Kier alpha value is -0.120. The molecule has 2 aliphatic heterocycles. The highest BCUT2D eigenvalue weighted by molar-refractivity contribution is 4.98. The van der Waals surface area contributed by atoms with Gasteiger partial charge in [0.1, 0.15) is 0 Å². The van der Waals surface area contributed by atoms with Crippen LogP contribution in [-0.4, -0.2) is 42.8 Å². The second-order valence-electron chi connectivity index (χ2n) is 7.96. The largest absolute Gasteiger partial charge is 0.378 e. The van der Waals surface area contributed by atoms with Crippen LogP contribution in [0.4, 0.5) is 0 Å². The van der Waals surface area contributed by atoms with Crippen LogP contribution in [-0.2, 0) is 4.74 Å². The van der Waals surface area contributed by atoms with Gasteiger partial charge in [-0.25, -0.2) is 0 Å². The molecule has 21 heavy (non-hydrogen) atoms. The van der Waals surface area contributed by atoms with Crippen molar-refractivity contribution in [3.05, 3.63) is 0 Å². The Bertz CT molecular complexity index is 318. The van der Waals surface area contributed by atoms with Crippen molar-refractivity contribution in [3.63, 3.8) is 0 Å². The van der Waals surface area contributed by atoms with Crippen molar-refractivity contribution in [1.29, 1.82) is 0 Å². The molecule has 3 atom stereocenters. The van der Waals surface area contributed by atoms with Crippen LogP contribution in [0.1, 0.15) is 59.8 Å². The van der Waals surface area contributed by atoms with Crippen molar-refractivity contribution in [2.45, 2.75) is 71.4 Å². The van der Waals surface area contributed by atoms with Gasteiger partial charge in [0.2, 0.25) is 0 Å². The highest BCUT2D eigenvalue weighted by Gasteiger charge is 2.42. The first kappa shape index (κ1) is 17.2. The zero-order chi connectivity index (χ0) is 15.5. The van der Waals surface area contributed by atoms with E-state index in [0.717, 1.165) is 37.8 Å². The predicted octanol–water partition coefficient (Wildman–Crippen LogP) is 3.28. The van der Waals surface area contributed by atoms with Gasteiger partial charge in [-0.05, 0) is 62.9 Å². The Kier molecular flexibility index (Phi) is 6.10. The maximum atomic E-state index is 6.28. The summed E-state index contributed by atoms with van der Waals surface area (Å²) in [5.74, 6) is 2.30. The molecule has 124 valence electrons. The SMILES string of the molecule is CC(C)C1CCCN(C2(CN)CCOC(C(C)C)C2)CC1. The lowest BCUT2D eigenvalue weighted by molar-refractivity contribution is -0.0871. The minimum Gasteiger partial charge on any atom is -0.378 e. The summed E-state index contributed by atoms with van der Waals surface area (Å²) < 4.78 is 6.00. The van der Waals surface area contributed by atoms with Crippen LogP contribution >= 0.6 is 0 Å². The van der Waals surface area contributed by atoms with Crippen molar-refractivity contribution >= 4 is 0 Å². The van der Waals surface area contributed by atoms with Crippen molar-refractivity contribution in [2.75, 3.05) is 26.2 Å². The van der Waals surface area contributed by atoms with Crippen LogP contribution in [0.5, 0.6) is 0 Å². The van der Waals surface area contributed by atoms with Gasteiger partial charge < -0.3 is 10.5 Å². The van der Waals surface area contributed by atoms with Gasteiger partial charge in [-0.2, -0.15) is 0 Å². The fourth-order valence-electron chi connectivity index (χ4n) is 4.23. The molecular formula is C18H36N2O. The Labute approximate surface area is 131 Å². The van der Waals surface area contributed by atoms with E-state index in [4.69, 9.17) is 10.5 Å². The summed E-state index contributed by atoms with van der Waals surface area (Å²) in [5, 5.41) is 0. The van der Waals surface area contributed by atoms with Crippen LogP contribution in [0.2, 0.25) is 0 Å². The number of likely N-dealkylation sites (tertiary alicyclic amines) is 1. The lowest BCUT2D eigenvalue weighted by Gasteiger charge is -2.48. The van der Waals surface area contributed by atoms with Gasteiger partial charge in [-0.1, -0.05) is 27.7 Å². The van der Waals surface area contributed by atoms with Crippen LogP contribution in [0.15, 0.2) is 0 Å². The van der Waals surface area contributed by atoms with Gasteiger partial charge in [0, 0.05) is 18.7 Å². The van der Waals surface area contributed by atoms with E-state index in [0.29, 0.717) is 12.0 Å². The maximum Gasteiger partial charge on any atom is 0.0616 e. The fraction of sp³-hybridized carbons (Fsp3) is 1.00. The highest BCUT2D eigenvalue weighted by atomic mass is 16.5. The van der Waals surface area contributed by atoms with Gasteiger partial charge in [0.15, 0.2) is 0 Å². The van der Waals surface area contributed by atoms with Crippen LogP contribution in [0.3, 0.4) is 0 Å². The van der Waals surface area contributed by atoms with Gasteiger partial charge in [-0.3, -0.25) is 4.90 Å². The zero-order valence-electron chi connectivity index (χ0n) is 14.6. The highest BCUT2D eigenvalue weighted by Crippen LogP contribution is 2.36. The second-order valence-corrected chi connectivity index (χ2v) is 7.96. The first-order valence-corrected chi connectivity index (χ1v) is 9.05. The lowest BCUT2D eigenvalue weighted by atomic mass is 9.81. The van der Waals surface area contributed by atoms with Crippen molar-refractivity contribution in [2.24, 2.45) is 23.5 Å². The number of hydrogen-bond donors (Lipinski definition) is 1. The molecule has 0 bridgehead atoms. The molecule has 0 aliphatic carbocycles. The molecule has 2 saturated heterocycles. The summed E-state index contributed by atoms with van der Waals surface area (Å²) in [5.41, 5.74) is 6.47. The third-order valence-electron chi connectivity index (χ3n) is 5.99. The standard InChI is InChI=1S/C18H36N2O/c1-14(2)16-6-5-9-20(10-7-16)18(13-19)8-11-21-17(12-18)15(3)4/h14-17H,5-13,19H2,1-4H3. The molecule has 2 aliphatic rings. The van der Waals surface area contributed by atoms with E-state index < -0.39 is 0 Å². The molecule has 0 amide bonds. The van der Waals surface area contributed by atoms with E-state index >= 15 is 0 Å². The van der Waals surface area contributed by atoms with E-state index in [9.17, 15) is 0 Å². The van der Waals surface area contributed by atoms with Crippen LogP contribution in [0, 0.1) is 17.8 Å². The summed E-state index contributed by atoms with van der Waals surface area (Å²) in [6.07, 6.45) is 6.67. The van der Waals surface area contributed by atoms with Crippen molar-refractivity contribution in [1.82, 2.24) is 4.90 Å². The van der Waals surface area contributed by atoms with Gasteiger partial charge >= 0.3 is 0 Å². The Balaban J connectivity index is 2.05. The van der Waals surface area contributed by atoms with Gasteiger partial charge in [-0.15, -0.1) is 0 Å². The molecule has 2 heterocycles. The van der Waals surface area contributed by atoms with Crippen LogP contribution < -0.4 is 5.73 Å². The molecule has 3 unspecified atom stereocenters. The minimum atomic E-state index is 0.194. The lowest BCUT2D eigenvalue weighted by Crippen LogP contribution is -2.59. The average molecular weight is 296 g/mol. The van der Waals surface area contributed by atoms with Crippen molar-refractivity contribution in [3.8, 4) is 0 Å². The molecular weight excluding hydrogens is 260 g/mol.